The molecular weight excluding hydrogens is 358 g/mol. The van der Waals surface area contributed by atoms with Gasteiger partial charge >= 0.3 is 6.09 Å². The van der Waals surface area contributed by atoms with Gasteiger partial charge in [-0.05, 0) is 57.5 Å². The van der Waals surface area contributed by atoms with Crippen molar-refractivity contribution in [3.63, 3.8) is 0 Å². The Bertz CT molecular complexity index is 694. The predicted molar refractivity (Wildman–Crippen MR) is 96.3 cm³/mol. The number of aromatic nitrogens is 1. The lowest BCUT2D eigenvalue weighted by atomic mass is 10.2. The fourth-order valence-corrected chi connectivity index (χ4v) is 2.17. The normalized spacial score (nSPS) is 11.0. The van der Waals surface area contributed by atoms with E-state index in [9.17, 15) is 4.79 Å². The van der Waals surface area contributed by atoms with E-state index >= 15 is 0 Å². The van der Waals surface area contributed by atoms with Gasteiger partial charge < -0.3 is 10.1 Å². The molecule has 0 fully saturated rings. The van der Waals surface area contributed by atoms with Crippen molar-refractivity contribution in [1.29, 1.82) is 0 Å². The number of halogens is 1. The van der Waals surface area contributed by atoms with E-state index in [1.54, 1.807) is 12.3 Å². The minimum atomic E-state index is -0.537. The van der Waals surface area contributed by atoms with E-state index in [-0.39, 0.29) is 0 Å². The first kappa shape index (κ1) is 17.3. The second kappa shape index (κ2) is 7.00. The van der Waals surface area contributed by atoms with Crippen LogP contribution in [0.5, 0.6) is 0 Å². The molecule has 2 aromatic rings. The SMILES string of the molecule is Cc1ccc(Nc2ccc(NC(=O)OC(C)(C)C)nc2)cc1Br. The van der Waals surface area contributed by atoms with Crippen molar-refractivity contribution in [1.82, 2.24) is 4.98 Å². The summed E-state index contributed by atoms with van der Waals surface area (Å²) in [6.45, 7) is 7.47. The van der Waals surface area contributed by atoms with Gasteiger partial charge in [-0.25, -0.2) is 9.78 Å². The molecule has 5 nitrogen and oxygen atoms in total. The molecule has 1 aromatic carbocycles. The largest absolute Gasteiger partial charge is 0.444 e. The smallest absolute Gasteiger partial charge is 0.413 e. The molecule has 6 heteroatoms. The van der Waals surface area contributed by atoms with E-state index in [2.05, 4.69) is 31.5 Å². The third-order valence-corrected chi connectivity index (χ3v) is 3.71. The number of hydrogen-bond acceptors (Lipinski definition) is 4. The van der Waals surface area contributed by atoms with Crippen LogP contribution in [0.25, 0.3) is 0 Å². The molecule has 0 aliphatic carbocycles. The fourth-order valence-electron chi connectivity index (χ4n) is 1.79. The van der Waals surface area contributed by atoms with Gasteiger partial charge in [-0.3, -0.25) is 5.32 Å². The molecule has 0 aliphatic heterocycles. The van der Waals surface area contributed by atoms with Crippen LogP contribution in [-0.2, 0) is 4.74 Å². The van der Waals surface area contributed by atoms with Crippen molar-refractivity contribution in [2.75, 3.05) is 10.6 Å². The van der Waals surface area contributed by atoms with Gasteiger partial charge in [0, 0.05) is 10.2 Å². The molecule has 0 saturated heterocycles. The van der Waals surface area contributed by atoms with E-state index in [1.165, 1.54) is 5.56 Å². The number of anilines is 3. The molecule has 0 aliphatic rings. The molecule has 0 spiro atoms. The summed E-state index contributed by atoms with van der Waals surface area (Å²) in [6, 6.07) is 9.58. The Morgan fingerprint density at radius 3 is 2.43 bits per heavy atom. The number of carbonyl (C=O) groups is 1. The van der Waals surface area contributed by atoms with Crippen molar-refractivity contribution in [3.8, 4) is 0 Å². The monoisotopic (exact) mass is 377 g/mol. The Morgan fingerprint density at radius 2 is 1.87 bits per heavy atom. The van der Waals surface area contributed by atoms with Crippen LogP contribution >= 0.6 is 15.9 Å². The number of aryl methyl sites for hydroxylation is 1. The quantitative estimate of drug-likeness (QED) is 0.767. The van der Waals surface area contributed by atoms with Gasteiger partial charge in [-0.15, -0.1) is 0 Å². The lowest BCUT2D eigenvalue weighted by Gasteiger charge is -2.19. The van der Waals surface area contributed by atoms with Crippen LogP contribution in [0, 0.1) is 6.92 Å². The summed E-state index contributed by atoms with van der Waals surface area (Å²) in [5.74, 6) is 0.440. The first-order valence-corrected chi connectivity index (χ1v) is 8.01. The lowest BCUT2D eigenvalue weighted by molar-refractivity contribution is 0.0635. The molecule has 2 N–H and O–H groups in total. The zero-order valence-corrected chi connectivity index (χ0v) is 15.2. The standard InChI is InChI=1S/C17H20BrN3O2/c1-11-5-6-12(9-14(11)18)20-13-7-8-15(19-10-13)21-16(22)23-17(2,3)4/h5-10,20H,1-4H3,(H,19,21,22). The number of hydrogen-bond donors (Lipinski definition) is 2. The third kappa shape index (κ3) is 5.56. The number of amides is 1. The van der Waals surface area contributed by atoms with Gasteiger partial charge in [0.1, 0.15) is 11.4 Å². The van der Waals surface area contributed by atoms with Gasteiger partial charge in [-0.2, -0.15) is 0 Å². The van der Waals surface area contributed by atoms with Gasteiger partial charge in [0.25, 0.3) is 0 Å². The van der Waals surface area contributed by atoms with E-state index in [4.69, 9.17) is 4.74 Å². The molecule has 1 amide bonds. The van der Waals surface area contributed by atoms with Crippen LogP contribution in [0.1, 0.15) is 26.3 Å². The number of nitrogens with one attached hydrogen (secondary N) is 2. The Morgan fingerprint density at radius 1 is 1.17 bits per heavy atom. The summed E-state index contributed by atoms with van der Waals surface area (Å²) >= 11 is 3.50. The summed E-state index contributed by atoms with van der Waals surface area (Å²) in [4.78, 5) is 15.9. The highest BCUT2D eigenvalue weighted by Crippen LogP contribution is 2.23. The molecule has 1 aromatic heterocycles. The highest BCUT2D eigenvalue weighted by atomic mass is 79.9. The maximum absolute atomic E-state index is 11.7. The minimum absolute atomic E-state index is 0.440. The van der Waals surface area contributed by atoms with E-state index in [1.807, 2.05) is 52.0 Å². The van der Waals surface area contributed by atoms with E-state index < -0.39 is 11.7 Å². The van der Waals surface area contributed by atoms with Crippen molar-refractivity contribution in [2.45, 2.75) is 33.3 Å². The molecule has 0 saturated carbocycles. The van der Waals surface area contributed by atoms with E-state index in [0.29, 0.717) is 5.82 Å². The second-order valence-corrected chi connectivity index (χ2v) is 7.00. The average Bonchev–Trinajstić information content (AvgIpc) is 2.43. The molecule has 2 rings (SSSR count). The summed E-state index contributed by atoms with van der Waals surface area (Å²) in [6.07, 6.45) is 1.13. The zero-order chi connectivity index (χ0) is 17.0. The van der Waals surface area contributed by atoms with Gasteiger partial charge in [-0.1, -0.05) is 22.0 Å². The number of nitrogens with zero attached hydrogens (tertiary/aromatic N) is 1. The Labute approximate surface area is 144 Å². The van der Waals surface area contributed by atoms with Crippen LogP contribution in [0.15, 0.2) is 41.0 Å². The second-order valence-electron chi connectivity index (χ2n) is 6.15. The molecule has 0 unspecified atom stereocenters. The Hall–Kier alpha value is -2.08. The maximum atomic E-state index is 11.7. The predicted octanol–water partition coefficient (Wildman–Crippen LogP) is 5.24. The molecule has 0 bridgehead atoms. The molecule has 0 radical (unpaired) electrons. The molecular formula is C17H20BrN3O2. The number of benzene rings is 1. The Kier molecular flexibility index (Phi) is 5.26. The van der Waals surface area contributed by atoms with Crippen molar-refractivity contribution >= 4 is 39.2 Å². The molecule has 1 heterocycles. The topological polar surface area (TPSA) is 63.2 Å². The van der Waals surface area contributed by atoms with Crippen molar-refractivity contribution < 1.29 is 9.53 Å². The highest BCUT2D eigenvalue weighted by molar-refractivity contribution is 9.10. The summed E-state index contributed by atoms with van der Waals surface area (Å²) in [7, 11) is 0. The van der Waals surface area contributed by atoms with Gasteiger partial charge in [0.15, 0.2) is 0 Å². The Balaban J connectivity index is 1.99. The highest BCUT2D eigenvalue weighted by Gasteiger charge is 2.16. The summed E-state index contributed by atoms with van der Waals surface area (Å²) in [5, 5.41) is 5.85. The first-order valence-electron chi connectivity index (χ1n) is 7.22. The fraction of sp³-hybridized carbons (Fsp3) is 0.294. The van der Waals surface area contributed by atoms with Crippen LogP contribution in [-0.4, -0.2) is 16.7 Å². The lowest BCUT2D eigenvalue weighted by Crippen LogP contribution is -2.27. The van der Waals surface area contributed by atoms with E-state index in [0.717, 1.165) is 15.8 Å². The molecule has 122 valence electrons. The molecule has 23 heavy (non-hydrogen) atoms. The number of rotatable bonds is 3. The maximum Gasteiger partial charge on any atom is 0.413 e. The van der Waals surface area contributed by atoms with Crippen LogP contribution in [0.3, 0.4) is 0 Å². The zero-order valence-electron chi connectivity index (χ0n) is 13.6. The number of ether oxygens (including phenoxy) is 1. The van der Waals surface area contributed by atoms with Gasteiger partial charge in [0.05, 0.1) is 11.9 Å². The third-order valence-electron chi connectivity index (χ3n) is 2.85. The van der Waals surface area contributed by atoms with Crippen LogP contribution in [0.2, 0.25) is 0 Å². The van der Waals surface area contributed by atoms with Crippen molar-refractivity contribution in [2.24, 2.45) is 0 Å². The summed E-state index contributed by atoms with van der Waals surface area (Å²) in [5.41, 5.74) is 2.42. The van der Waals surface area contributed by atoms with Gasteiger partial charge in [0.2, 0.25) is 0 Å². The van der Waals surface area contributed by atoms with Crippen LogP contribution < -0.4 is 10.6 Å². The summed E-state index contributed by atoms with van der Waals surface area (Å²) < 4.78 is 6.22. The van der Waals surface area contributed by atoms with Crippen LogP contribution in [0.4, 0.5) is 22.0 Å². The number of carbonyl (C=O) groups excluding carboxylic acids is 1. The average molecular weight is 378 g/mol. The number of pyridine rings is 1. The first-order chi connectivity index (χ1) is 10.7. The minimum Gasteiger partial charge on any atom is -0.444 e. The van der Waals surface area contributed by atoms with Crippen molar-refractivity contribution in [3.05, 3.63) is 46.6 Å². The molecule has 0 atom stereocenters.